The molecule has 1 aliphatic heterocycles. The van der Waals surface area contributed by atoms with Gasteiger partial charge in [-0.3, -0.25) is 0 Å². The standard InChI is InChI=1S/C7H11NO/c1-2-3-7-6-8-4-5-9-7/h7-8H,2-3,6H2,1H3. The van der Waals surface area contributed by atoms with Crippen LogP contribution in [0.1, 0.15) is 19.8 Å². The molecule has 0 bridgehead atoms. The lowest BCUT2D eigenvalue weighted by atomic mass is 10.2. The van der Waals surface area contributed by atoms with Crippen LogP contribution in [0.25, 0.3) is 0 Å². The quantitative estimate of drug-likeness (QED) is 0.548. The fourth-order valence-electron chi connectivity index (χ4n) is 0.838. The molecule has 1 rings (SSSR count). The Kier molecular flexibility index (Phi) is 2.26. The van der Waals surface area contributed by atoms with E-state index in [1.165, 1.54) is 0 Å². The predicted octanol–water partition coefficient (Wildman–Crippen LogP) is 0.693. The molecule has 0 spiro atoms. The number of hydrogen-bond acceptors (Lipinski definition) is 2. The molecule has 1 unspecified atom stereocenters. The molecule has 9 heavy (non-hydrogen) atoms. The van der Waals surface area contributed by atoms with Crippen molar-refractivity contribution < 1.29 is 4.74 Å². The molecule has 1 N–H and O–H groups in total. The molecule has 0 radical (unpaired) electrons. The van der Waals surface area contributed by atoms with Gasteiger partial charge in [0.25, 0.3) is 0 Å². The van der Waals surface area contributed by atoms with Crippen LogP contribution in [0.4, 0.5) is 0 Å². The van der Waals surface area contributed by atoms with Crippen LogP contribution in [-0.2, 0) is 4.74 Å². The topological polar surface area (TPSA) is 21.3 Å². The average Bonchev–Trinajstić information content (AvgIpc) is 1.91. The first-order valence-corrected chi connectivity index (χ1v) is 3.32. The van der Waals surface area contributed by atoms with E-state index in [1.54, 1.807) is 0 Å². The van der Waals surface area contributed by atoms with Crippen molar-refractivity contribution in [2.24, 2.45) is 0 Å². The zero-order valence-corrected chi connectivity index (χ0v) is 5.61. The Labute approximate surface area is 55.6 Å². The first kappa shape index (κ1) is 6.28. The van der Waals surface area contributed by atoms with Gasteiger partial charge in [-0.1, -0.05) is 13.3 Å². The van der Waals surface area contributed by atoms with E-state index in [4.69, 9.17) is 4.74 Å². The van der Waals surface area contributed by atoms with Crippen molar-refractivity contribution in [3.05, 3.63) is 0 Å². The number of hydrogen-bond donors (Lipinski definition) is 1. The second-order valence-electron chi connectivity index (χ2n) is 2.14. The van der Waals surface area contributed by atoms with Gasteiger partial charge in [-0.25, -0.2) is 0 Å². The summed E-state index contributed by atoms with van der Waals surface area (Å²) in [5.74, 6) is 0. The summed E-state index contributed by atoms with van der Waals surface area (Å²) >= 11 is 0. The second kappa shape index (κ2) is 3.24. The van der Waals surface area contributed by atoms with Gasteiger partial charge in [-0.05, 0) is 6.42 Å². The van der Waals surface area contributed by atoms with Crippen LogP contribution in [0.15, 0.2) is 0 Å². The highest BCUT2D eigenvalue weighted by Gasteiger charge is 2.07. The predicted molar refractivity (Wildman–Crippen MR) is 35.6 cm³/mol. The molecular formula is C7H11NO. The molecule has 0 aromatic rings. The van der Waals surface area contributed by atoms with Crippen molar-refractivity contribution in [3.8, 4) is 12.2 Å². The molecule has 1 heterocycles. The van der Waals surface area contributed by atoms with E-state index in [9.17, 15) is 0 Å². The maximum Gasteiger partial charge on any atom is 0.134 e. The molecule has 2 heteroatoms. The fraction of sp³-hybridized carbons (Fsp3) is 0.714. The molecule has 1 atom stereocenters. The van der Waals surface area contributed by atoms with E-state index < -0.39 is 0 Å². The van der Waals surface area contributed by atoms with Crippen molar-refractivity contribution >= 4 is 0 Å². The number of rotatable bonds is 2. The first-order valence-electron chi connectivity index (χ1n) is 3.32. The maximum absolute atomic E-state index is 5.09. The molecular weight excluding hydrogens is 114 g/mol. The van der Waals surface area contributed by atoms with Crippen molar-refractivity contribution in [2.75, 3.05) is 6.54 Å². The normalized spacial score (nSPS) is 23.0. The molecule has 0 aromatic heterocycles. The van der Waals surface area contributed by atoms with Gasteiger partial charge in [0.15, 0.2) is 0 Å². The lowest BCUT2D eigenvalue weighted by molar-refractivity contribution is 0.149. The van der Waals surface area contributed by atoms with Crippen LogP contribution in [0.3, 0.4) is 0 Å². The van der Waals surface area contributed by atoms with E-state index in [0.29, 0.717) is 6.10 Å². The third kappa shape index (κ3) is 1.85. The Morgan fingerprint density at radius 3 is 3.22 bits per heavy atom. The third-order valence-electron chi connectivity index (χ3n) is 1.31. The smallest absolute Gasteiger partial charge is 0.134 e. The summed E-state index contributed by atoms with van der Waals surface area (Å²) in [6, 6.07) is 2.65. The van der Waals surface area contributed by atoms with Gasteiger partial charge in [0.2, 0.25) is 0 Å². The first-order chi connectivity index (χ1) is 4.43. The lowest BCUT2D eigenvalue weighted by Crippen LogP contribution is -2.28. The summed E-state index contributed by atoms with van der Waals surface area (Å²) in [5.41, 5.74) is 0. The highest BCUT2D eigenvalue weighted by atomic mass is 16.5. The van der Waals surface area contributed by atoms with Gasteiger partial charge in [-0.2, -0.15) is 0 Å². The van der Waals surface area contributed by atoms with Crippen LogP contribution in [-0.4, -0.2) is 12.6 Å². The molecule has 0 saturated heterocycles. The zero-order chi connectivity index (χ0) is 6.53. The largest absolute Gasteiger partial charge is 0.440 e. The number of nitrogens with one attached hydrogen (secondary N) is 1. The van der Waals surface area contributed by atoms with Crippen molar-refractivity contribution in [2.45, 2.75) is 25.9 Å². The van der Waals surface area contributed by atoms with E-state index in [1.807, 2.05) is 0 Å². The van der Waals surface area contributed by atoms with Gasteiger partial charge in [0.05, 0.1) is 6.54 Å². The molecule has 50 valence electrons. The summed E-state index contributed by atoms with van der Waals surface area (Å²) in [4.78, 5) is 0. The fourth-order valence-corrected chi connectivity index (χ4v) is 0.838. The molecule has 0 amide bonds. The highest BCUT2D eigenvalue weighted by Crippen LogP contribution is 2.00. The molecule has 1 aliphatic rings. The van der Waals surface area contributed by atoms with E-state index >= 15 is 0 Å². The van der Waals surface area contributed by atoms with Crippen LogP contribution in [0.2, 0.25) is 0 Å². The molecule has 0 aliphatic carbocycles. The van der Waals surface area contributed by atoms with Gasteiger partial charge >= 0.3 is 0 Å². The van der Waals surface area contributed by atoms with Crippen molar-refractivity contribution in [1.82, 2.24) is 5.32 Å². The molecule has 0 saturated carbocycles. The Bertz CT molecular complexity index is 134. The maximum atomic E-state index is 5.09. The minimum Gasteiger partial charge on any atom is -0.440 e. The minimum atomic E-state index is 0.316. The molecule has 2 nitrogen and oxygen atoms in total. The molecule has 0 aromatic carbocycles. The molecule has 0 fully saturated rings. The highest BCUT2D eigenvalue weighted by molar-refractivity contribution is 4.94. The van der Waals surface area contributed by atoms with Crippen molar-refractivity contribution in [3.63, 3.8) is 0 Å². The van der Waals surface area contributed by atoms with Gasteiger partial charge < -0.3 is 10.1 Å². The summed E-state index contributed by atoms with van der Waals surface area (Å²) in [6.45, 7) is 3.02. The summed E-state index contributed by atoms with van der Waals surface area (Å²) in [5, 5.41) is 2.93. The Balaban J connectivity index is 2.22. The zero-order valence-electron chi connectivity index (χ0n) is 5.61. The van der Waals surface area contributed by atoms with Crippen LogP contribution >= 0.6 is 0 Å². The van der Waals surface area contributed by atoms with Crippen molar-refractivity contribution in [1.29, 1.82) is 0 Å². The van der Waals surface area contributed by atoms with Crippen LogP contribution < -0.4 is 5.32 Å². The summed E-state index contributed by atoms with van der Waals surface area (Å²) < 4.78 is 5.09. The van der Waals surface area contributed by atoms with E-state index in [2.05, 4.69) is 24.4 Å². The lowest BCUT2D eigenvalue weighted by Gasteiger charge is -2.15. The SMILES string of the molecule is CCCC1CNC#CO1. The summed E-state index contributed by atoms with van der Waals surface area (Å²) in [7, 11) is 0. The van der Waals surface area contributed by atoms with Gasteiger partial charge in [0, 0.05) is 6.04 Å². The Hall–Kier alpha value is -0.840. The van der Waals surface area contributed by atoms with Gasteiger partial charge in [-0.15, -0.1) is 0 Å². The minimum absolute atomic E-state index is 0.316. The number of ether oxygens (including phenoxy) is 1. The monoisotopic (exact) mass is 125 g/mol. The van der Waals surface area contributed by atoms with Crippen LogP contribution in [0.5, 0.6) is 0 Å². The van der Waals surface area contributed by atoms with Gasteiger partial charge in [0.1, 0.15) is 12.2 Å². The second-order valence-corrected chi connectivity index (χ2v) is 2.14. The Morgan fingerprint density at radius 1 is 1.78 bits per heavy atom. The van der Waals surface area contributed by atoms with E-state index in [0.717, 1.165) is 19.4 Å². The van der Waals surface area contributed by atoms with E-state index in [-0.39, 0.29) is 0 Å². The Morgan fingerprint density at radius 2 is 2.67 bits per heavy atom. The van der Waals surface area contributed by atoms with Crippen LogP contribution in [0, 0.1) is 12.2 Å². The summed E-state index contributed by atoms with van der Waals surface area (Å²) in [6.07, 6.45) is 5.13. The third-order valence-corrected chi connectivity index (χ3v) is 1.31. The average molecular weight is 125 g/mol.